The summed E-state index contributed by atoms with van der Waals surface area (Å²) in [5, 5.41) is 6.60. The topological polar surface area (TPSA) is 80.5 Å². The zero-order valence-corrected chi connectivity index (χ0v) is 12.4. The lowest BCUT2D eigenvalue weighted by molar-refractivity contribution is -0.138. The molecule has 1 N–H and O–H groups in total. The van der Waals surface area contributed by atoms with E-state index < -0.39 is 6.10 Å². The molecule has 1 aliphatic rings. The second-order valence-electron chi connectivity index (χ2n) is 5.09. The molecule has 0 saturated carbocycles. The van der Waals surface area contributed by atoms with Crippen LogP contribution < -0.4 is 5.32 Å². The van der Waals surface area contributed by atoms with Crippen LogP contribution in [-0.2, 0) is 16.1 Å². The smallest absolute Gasteiger partial charge is 0.250 e. The number of rotatable bonds is 4. The Labute approximate surface area is 128 Å². The molecule has 0 bridgehead atoms. The molecule has 1 aromatic carbocycles. The number of benzene rings is 1. The maximum absolute atomic E-state index is 11.6. The van der Waals surface area contributed by atoms with E-state index in [-0.39, 0.29) is 5.91 Å². The van der Waals surface area contributed by atoms with Gasteiger partial charge in [-0.2, -0.15) is 4.98 Å². The highest BCUT2D eigenvalue weighted by atomic mass is 16.5. The molecule has 1 aliphatic heterocycles. The first-order valence-corrected chi connectivity index (χ1v) is 7.20. The Kier molecular flexibility index (Phi) is 4.45. The maximum Gasteiger partial charge on any atom is 0.250 e. The highest BCUT2D eigenvalue weighted by Gasteiger charge is 2.26. The number of hydrogen-bond donors (Lipinski definition) is 1. The molecule has 0 spiro atoms. The van der Waals surface area contributed by atoms with Gasteiger partial charge in [0, 0.05) is 25.7 Å². The van der Waals surface area contributed by atoms with E-state index in [2.05, 4.69) is 20.4 Å². The van der Waals surface area contributed by atoms with Crippen LogP contribution in [0.25, 0.3) is 11.4 Å². The van der Waals surface area contributed by atoms with Crippen LogP contribution in [0.3, 0.4) is 0 Å². The highest BCUT2D eigenvalue weighted by molar-refractivity contribution is 5.80. The molecule has 7 heteroatoms. The van der Waals surface area contributed by atoms with Crippen molar-refractivity contribution in [2.24, 2.45) is 0 Å². The van der Waals surface area contributed by atoms with Crippen molar-refractivity contribution in [2.75, 3.05) is 26.7 Å². The third-order valence-electron chi connectivity index (χ3n) is 3.55. The molecule has 1 atom stereocenters. The lowest BCUT2D eigenvalue weighted by Crippen LogP contribution is -2.48. The lowest BCUT2D eigenvalue weighted by Gasteiger charge is -2.30. The lowest BCUT2D eigenvalue weighted by atomic mass is 10.2. The fourth-order valence-corrected chi connectivity index (χ4v) is 2.38. The molecule has 1 aromatic heterocycles. The van der Waals surface area contributed by atoms with E-state index in [1.807, 2.05) is 30.3 Å². The second kappa shape index (κ2) is 6.67. The van der Waals surface area contributed by atoms with Crippen LogP contribution in [0.2, 0.25) is 0 Å². The van der Waals surface area contributed by atoms with Crippen molar-refractivity contribution in [3.05, 3.63) is 36.2 Å². The van der Waals surface area contributed by atoms with Crippen LogP contribution in [0.15, 0.2) is 34.9 Å². The van der Waals surface area contributed by atoms with Gasteiger partial charge in [-0.25, -0.2) is 0 Å². The number of ether oxygens (including phenoxy) is 1. The standard InChI is InChI=1S/C15H18N4O3/c1-16-15(20)12-9-19(7-8-21-12)10-13-17-14(18-22-13)11-5-3-2-4-6-11/h2-6,12H,7-10H2,1H3,(H,16,20). The fraction of sp³-hybridized carbons (Fsp3) is 0.400. The van der Waals surface area contributed by atoms with Gasteiger partial charge in [-0.05, 0) is 0 Å². The van der Waals surface area contributed by atoms with Crippen LogP contribution in [0.1, 0.15) is 5.89 Å². The zero-order valence-electron chi connectivity index (χ0n) is 12.4. The first kappa shape index (κ1) is 14.7. The number of carbonyl (C=O) groups is 1. The minimum Gasteiger partial charge on any atom is -0.366 e. The molecule has 3 rings (SSSR count). The van der Waals surface area contributed by atoms with E-state index in [1.165, 1.54) is 0 Å². The number of carbonyl (C=O) groups excluding carboxylic acids is 1. The highest BCUT2D eigenvalue weighted by Crippen LogP contribution is 2.16. The minimum absolute atomic E-state index is 0.111. The van der Waals surface area contributed by atoms with Gasteiger partial charge in [0.2, 0.25) is 17.6 Å². The Morgan fingerprint density at radius 3 is 3.00 bits per heavy atom. The largest absolute Gasteiger partial charge is 0.366 e. The summed E-state index contributed by atoms with van der Waals surface area (Å²) in [7, 11) is 1.61. The summed E-state index contributed by atoms with van der Waals surface area (Å²) in [6.07, 6.45) is -0.449. The molecule has 1 fully saturated rings. The van der Waals surface area contributed by atoms with Crippen molar-refractivity contribution in [2.45, 2.75) is 12.6 Å². The van der Waals surface area contributed by atoms with Crippen molar-refractivity contribution in [3.8, 4) is 11.4 Å². The second-order valence-corrected chi connectivity index (χ2v) is 5.09. The molecule has 0 aliphatic carbocycles. The van der Waals surface area contributed by atoms with Crippen molar-refractivity contribution in [3.63, 3.8) is 0 Å². The van der Waals surface area contributed by atoms with Gasteiger partial charge in [-0.1, -0.05) is 35.5 Å². The number of hydrogen-bond acceptors (Lipinski definition) is 6. The van der Waals surface area contributed by atoms with Crippen molar-refractivity contribution < 1.29 is 14.1 Å². The molecular weight excluding hydrogens is 284 g/mol. The van der Waals surface area contributed by atoms with Crippen LogP contribution >= 0.6 is 0 Å². The summed E-state index contributed by atoms with van der Waals surface area (Å²) in [5.74, 6) is 1.00. The van der Waals surface area contributed by atoms with Gasteiger partial charge in [0.25, 0.3) is 0 Å². The monoisotopic (exact) mass is 302 g/mol. The molecule has 2 heterocycles. The van der Waals surface area contributed by atoms with E-state index >= 15 is 0 Å². The summed E-state index contributed by atoms with van der Waals surface area (Å²) in [6, 6.07) is 9.68. The van der Waals surface area contributed by atoms with E-state index in [0.717, 1.165) is 12.1 Å². The molecule has 1 amide bonds. The Balaban J connectivity index is 1.64. The van der Waals surface area contributed by atoms with Gasteiger partial charge in [0.05, 0.1) is 13.2 Å². The normalized spacial score (nSPS) is 19.0. The van der Waals surface area contributed by atoms with Gasteiger partial charge < -0.3 is 14.6 Å². The van der Waals surface area contributed by atoms with Crippen LogP contribution in [0.4, 0.5) is 0 Å². The summed E-state index contributed by atoms with van der Waals surface area (Å²) < 4.78 is 10.8. The summed E-state index contributed by atoms with van der Waals surface area (Å²) in [4.78, 5) is 18.1. The Bertz CT molecular complexity index is 629. The molecule has 2 aromatic rings. The van der Waals surface area contributed by atoms with E-state index in [0.29, 0.717) is 31.4 Å². The number of nitrogens with zero attached hydrogens (tertiary/aromatic N) is 3. The van der Waals surface area contributed by atoms with Gasteiger partial charge in [0.1, 0.15) is 6.10 Å². The number of morpholine rings is 1. The number of nitrogens with one attached hydrogen (secondary N) is 1. The van der Waals surface area contributed by atoms with Gasteiger partial charge in [-0.3, -0.25) is 9.69 Å². The fourth-order valence-electron chi connectivity index (χ4n) is 2.38. The molecule has 1 unspecified atom stereocenters. The number of aromatic nitrogens is 2. The van der Waals surface area contributed by atoms with Gasteiger partial charge >= 0.3 is 0 Å². The molecule has 0 radical (unpaired) electrons. The predicted molar refractivity (Wildman–Crippen MR) is 78.8 cm³/mol. The Morgan fingerprint density at radius 2 is 2.23 bits per heavy atom. The van der Waals surface area contributed by atoms with E-state index in [1.54, 1.807) is 7.05 Å². The average Bonchev–Trinajstić information content (AvgIpc) is 3.03. The zero-order chi connectivity index (χ0) is 15.4. The Morgan fingerprint density at radius 1 is 1.41 bits per heavy atom. The summed E-state index contributed by atoms with van der Waals surface area (Å²) in [6.45, 7) is 2.27. The first-order chi connectivity index (χ1) is 10.8. The third-order valence-corrected chi connectivity index (χ3v) is 3.55. The predicted octanol–water partition coefficient (Wildman–Crippen LogP) is 0.683. The average molecular weight is 302 g/mol. The third kappa shape index (κ3) is 3.32. The summed E-state index contributed by atoms with van der Waals surface area (Å²) >= 11 is 0. The molecule has 22 heavy (non-hydrogen) atoms. The van der Waals surface area contributed by atoms with E-state index in [9.17, 15) is 4.79 Å². The first-order valence-electron chi connectivity index (χ1n) is 7.20. The molecule has 7 nitrogen and oxygen atoms in total. The SMILES string of the molecule is CNC(=O)C1CN(Cc2nc(-c3ccccc3)no2)CCO1. The van der Waals surface area contributed by atoms with Crippen LogP contribution in [0.5, 0.6) is 0 Å². The van der Waals surface area contributed by atoms with Crippen molar-refractivity contribution in [1.29, 1.82) is 0 Å². The minimum atomic E-state index is -0.449. The number of amides is 1. The van der Waals surface area contributed by atoms with Crippen molar-refractivity contribution in [1.82, 2.24) is 20.4 Å². The molecule has 116 valence electrons. The van der Waals surface area contributed by atoms with Crippen LogP contribution in [0, 0.1) is 0 Å². The molecular formula is C15H18N4O3. The van der Waals surface area contributed by atoms with Crippen LogP contribution in [-0.4, -0.2) is 53.8 Å². The number of likely N-dealkylation sites (N-methyl/N-ethyl adjacent to an activating group) is 1. The quantitative estimate of drug-likeness (QED) is 0.895. The van der Waals surface area contributed by atoms with Crippen molar-refractivity contribution >= 4 is 5.91 Å². The molecule has 1 saturated heterocycles. The van der Waals surface area contributed by atoms with E-state index in [4.69, 9.17) is 9.26 Å². The maximum atomic E-state index is 11.6. The van der Waals surface area contributed by atoms with Gasteiger partial charge in [-0.15, -0.1) is 0 Å². The van der Waals surface area contributed by atoms with Gasteiger partial charge in [0.15, 0.2) is 0 Å². The summed E-state index contributed by atoms with van der Waals surface area (Å²) in [5.41, 5.74) is 0.919. The Hall–Kier alpha value is -2.25.